The number of ketones is 1. The zero-order valence-electron chi connectivity index (χ0n) is 19.1. The molecule has 10 heteroatoms. The van der Waals surface area contributed by atoms with E-state index in [1.165, 1.54) is 23.1 Å². The predicted molar refractivity (Wildman–Crippen MR) is 126 cm³/mol. The minimum absolute atomic E-state index is 0.0241. The molecule has 2 aromatic carbocycles. The Morgan fingerprint density at radius 1 is 1.03 bits per heavy atom. The second kappa shape index (κ2) is 8.84. The van der Waals surface area contributed by atoms with E-state index in [1.54, 1.807) is 26.8 Å². The van der Waals surface area contributed by atoms with Crippen LogP contribution in [0, 0.1) is 0 Å². The standard InChI is InChI=1S/C25H22Cl2F3NO4/c1-23(2,3)35-22(33)31-12-24(13-31)19-5-4-14(6-16(19)11-34-24)21(32)10-20(25(28,29)30)15-7-17(26)9-18(27)8-15/h4-10H,11-13H2,1-3H3. The number of halogens is 5. The van der Waals surface area contributed by atoms with Gasteiger partial charge >= 0.3 is 12.3 Å². The van der Waals surface area contributed by atoms with Gasteiger partial charge in [0.2, 0.25) is 0 Å². The number of ether oxygens (including phenoxy) is 2. The van der Waals surface area contributed by atoms with Crippen LogP contribution in [0.1, 0.15) is 47.8 Å². The molecule has 2 aromatic rings. The van der Waals surface area contributed by atoms with Crippen LogP contribution in [0.4, 0.5) is 18.0 Å². The number of hydrogen-bond donors (Lipinski definition) is 0. The number of likely N-dealkylation sites (tertiary alicyclic amines) is 1. The first-order chi connectivity index (χ1) is 16.2. The fourth-order valence-corrected chi connectivity index (χ4v) is 4.67. The predicted octanol–water partition coefficient (Wildman–Crippen LogP) is 6.80. The van der Waals surface area contributed by atoms with Crippen molar-refractivity contribution >= 4 is 40.7 Å². The van der Waals surface area contributed by atoms with E-state index in [0.717, 1.165) is 17.7 Å². The molecular weight excluding hydrogens is 506 g/mol. The summed E-state index contributed by atoms with van der Waals surface area (Å²) in [5.41, 5.74) is -1.21. The van der Waals surface area contributed by atoms with Gasteiger partial charge in [0, 0.05) is 15.6 Å². The van der Waals surface area contributed by atoms with Gasteiger partial charge in [-0.2, -0.15) is 13.2 Å². The van der Waals surface area contributed by atoms with Crippen LogP contribution in [0.3, 0.4) is 0 Å². The first-order valence-electron chi connectivity index (χ1n) is 10.7. The molecule has 0 N–H and O–H groups in total. The lowest BCUT2D eigenvalue weighted by molar-refractivity contribution is -0.137. The number of benzene rings is 2. The Hall–Kier alpha value is -2.55. The van der Waals surface area contributed by atoms with Crippen molar-refractivity contribution in [3.05, 3.63) is 74.8 Å². The van der Waals surface area contributed by atoms with Gasteiger partial charge in [0.1, 0.15) is 11.2 Å². The quantitative estimate of drug-likeness (QED) is 0.325. The molecule has 1 spiro atoms. The highest BCUT2D eigenvalue weighted by Crippen LogP contribution is 2.44. The van der Waals surface area contributed by atoms with E-state index in [9.17, 15) is 22.8 Å². The summed E-state index contributed by atoms with van der Waals surface area (Å²) in [6, 6.07) is 8.17. The van der Waals surface area contributed by atoms with Gasteiger partial charge in [-0.05, 0) is 67.8 Å². The second-order valence-electron chi connectivity index (χ2n) is 9.57. The minimum Gasteiger partial charge on any atom is -0.444 e. The fourth-order valence-electron chi connectivity index (χ4n) is 4.14. The molecule has 0 unspecified atom stereocenters. The van der Waals surface area contributed by atoms with Gasteiger partial charge in [-0.1, -0.05) is 35.3 Å². The van der Waals surface area contributed by atoms with E-state index in [1.807, 2.05) is 0 Å². The van der Waals surface area contributed by atoms with E-state index in [4.69, 9.17) is 32.7 Å². The van der Waals surface area contributed by atoms with E-state index < -0.39 is 34.8 Å². The molecule has 1 fully saturated rings. The fraction of sp³-hybridized carbons (Fsp3) is 0.360. The highest BCUT2D eigenvalue weighted by Gasteiger charge is 2.52. The Kier molecular flexibility index (Phi) is 6.45. The van der Waals surface area contributed by atoms with Gasteiger partial charge in [0.15, 0.2) is 5.78 Å². The Morgan fingerprint density at radius 2 is 1.66 bits per heavy atom. The largest absolute Gasteiger partial charge is 0.444 e. The molecule has 0 saturated carbocycles. The van der Waals surface area contributed by atoms with Gasteiger partial charge in [0.25, 0.3) is 0 Å². The van der Waals surface area contributed by atoms with Crippen LogP contribution in [0.15, 0.2) is 42.5 Å². The van der Waals surface area contributed by atoms with Gasteiger partial charge < -0.3 is 14.4 Å². The van der Waals surface area contributed by atoms with Crippen molar-refractivity contribution in [2.75, 3.05) is 13.1 Å². The van der Waals surface area contributed by atoms with Gasteiger partial charge in [-0.15, -0.1) is 0 Å². The molecule has 0 aliphatic carbocycles. The summed E-state index contributed by atoms with van der Waals surface area (Å²) in [7, 11) is 0. The molecule has 1 saturated heterocycles. The van der Waals surface area contributed by atoms with Crippen molar-refractivity contribution in [2.45, 2.75) is 44.8 Å². The van der Waals surface area contributed by atoms with Crippen LogP contribution in [-0.2, 0) is 21.7 Å². The Balaban J connectivity index is 1.56. The van der Waals surface area contributed by atoms with E-state index in [0.29, 0.717) is 11.6 Å². The zero-order valence-corrected chi connectivity index (χ0v) is 20.6. The number of fused-ring (bicyclic) bond motifs is 2. The van der Waals surface area contributed by atoms with Crippen molar-refractivity contribution in [2.24, 2.45) is 0 Å². The molecule has 0 aromatic heterocycles. The SMILES string of the molecule is CC(C)(C)OC(=O)N1CC2(C1)OCc1cc(C(=O)C=C(c3cc(Cl)cc(Cl)c3)C(F)(F)F)ccc12. The lowest BCUT2D eigenvalue weighted by Gasteiger charge is -2.47. The minimum atomic E-state index is -4.80. The Morgan fingerprint density at radius 3 is 2.23 bits per heavy atom. The number of allylic oxidation sites excluding steroid dienone is 2. The number of amides is 1. The molecule has 2 aliphatic rings. The van der Waals surface area contributed by atoms with E-state index in [2.05, 4.69) is 0 Å². The molecule has 2 heterocycles. The summed E-state index contributed by atoms with van der Waals surface area (Å²) < 4.78 is 52.6. The molecule has 2 aliphatic heterocycles. The summed E-state index contributed by atoms with van der Waals surface area (Å²) in [5, 5.41) is 0.0481. The topological polar surface area (TPSA) is 55.8 Å². The van der Waals surface area contributed by atoms with Crippen LogP contribution in [0.5, 0.6) is 0 Å². The number of nitrogens with zero attached hydrogens (tertiary/aromatic N) is 1. The molecule has 0 atom stereocenters. The number of rotatable bonds is 3. The molecule has 5 nitrogen and oxygen atoms in total. The second-order valence-corrected chi connectivity index (χ2v) is 10.4. The van der Waals surface area contributed by atoms with Crippen LogP contribution in [0.2, 0.25) is 10.0 Å². The monoisotopic (exact) mass is 527 g/mol. The third-order valence-corrected chi connectivity index (χ3v) is 6.12. The first-order valence-corrected chi connectivity index (χ1v) is 11.5. The molecular formula is C25H22Cl2F3NO4. The lowest BCUT2D eigenvalue weighted by Crippen LogP contribution is -2.61. The van der Waals surface area contributed by atoms with Crippen molar-refractivity contribution in [3.63, 3.8) is 0 Å². The molecule has 1 amide bonds. The maximum absolute atomic E-state index is 13.8. The van der Waals surface area contributed by atoms with Crippen LogP contribution in [0.25, 0.3) is 5.57 Å². The Labute approximate surface area is 210 Å². The molecule has 186 valence electrons. The number of hydrogen-bond acceptors (Lipinski definition) is 4. The van der Waals surface area contributed by atoms with Gasteiger partial charge in [0.05, 0.1) is 25.3 Å². The maximum Gasteiger partial charge on any atom is 0.417 e. The molecule has 4 rings (SSSR count). The molecule has 35 heavy (non-hydrogen) atoms. The first kappa shape index (κ1) is 25.5. The van der Waals surface area contributed by atoms with Gasteiger partial charge in [-0.25, -0.2) is 4.79 Å². The highest BCUT2D eigenvalue weighted by molar-refractivity contribution is 6.35. The number of alkyl halides is 3. The van der Waals surface area contributed by atoms with Crippen LogP contribution >= 0.6 is 23.2 Å². The van der Waals surface area contributed by atoms with Gasteiger partial charge in [-0.3, -0.25) is 4.79 Å². The summed E-state index contributed by atoms with van der Waals surface area (Å²) in [6.07, 6.45) is -4.70. The number of carbonyl (C=O) groups excluding carboxylic acids is 2. The summed E-state index contributed by atoms with van der Waals surface area (Å²) >= 11 is 11.7. The smallest absolute Gasteiger partial charge is 0.417 e. The van der Waals surface area contributed by atoms with Crippen LogP contribution < -0.4 is 0 Å². The summed E-state index contributed by atoms with van der Waals surface area (Å²) in [4.78, 5) is 26.6. The molecule has 0 bridgehead atoms. The average molecular weight is 528 g/mol. The van der Waals surface area contributed by atoms with E-state index in [-0.39, 0.29) is 40.9 Å². The maximum atomic E-state index is 13.8. The van der Waals surface area contributed by atoms with Crippen LogP contribution in [-0.4, -0.2) is 41.6 Å². The highest BCUT2D eigenvalue weighted by atomic mass is 35.5. The number of carbonyl (C=O) groups is 2. The lowest BCUT2D eigenvalue weighted by atomic mass is 9.84. The summed E-state index contributed by atoms with van der Waals surface area (Å²) in [5.74, 6) is -0.818. The van der Waals surface area contributed by atoms with Crippen molar-refractivity contribution in [1.82, 2.24) is 4.90 Å². The van der Waals surface area contributed by atoms with E-state index >= 15 is 0 Å². The third-order valence-electron chi connectivity index (χ3n) is 5.68. The molecule has 0 radical (unpaired) electrons. The Bertz CT molecular complexity index is 1210. The normalized spacial score (nSPS) is 17.3. The average Bonchev–Trinajstić information content (AvgIpc) is 3.06. The third kappa shape index (κ3) is 5.34. The van der Waals surface area contributed by atoms with Crippen molar-refractivity contribution in [3.8, 4) is 0 Å². The summed E-state index contributed by atoms with van der Waals surface area (Å²) in [6.45, 7) is 6.09. The zero-order chi connectivity index (χ0) is 25.8. The van der Waals surface area contributed by atoms with Crippen molar-refractivity contribution in [1.29, 1.82) is 0 Å². The van der Waals surface area contributed by atoms with Crippen molar-refractivity contribution < 1.29 is 32.2 Å².